The molecule has 1 aliphatic heterocycles. The minimum Gasteiger partial charge on any atom is -0.480 e. The number of likely N-dealkylation sites (tertiary alicyclic amines) is 1. The molecule has 0 aromatic carbocycles. The zero-order valence-electron chi connectivity index (χ0n) is 13.0. The van der Waals surface area contributed by atoms with Crippen LogP contribution in [0.2, 0.25) is 0 Å². The van der Waals surface area contributed by atoms with Crippen LogP contribution in [-0.2, 0) is 19.1 Å². The van der Waals surface area contributed by atoms with Crippen LogP contribution in [0.5, 0.6) is 0 Å². The van der Waals surface area contributed by atoms with Gasteiger partial charge in [0.15, 0.2) is 5.54 Å². The lowest BCUT2D eigenvalue weighted by Gasteiger charge is -2.33. The molecule has 120 valence electrons. The van der Waals surface area contributed by atoms with Gasteiger partial charge in [-0.3, -0.25) is 4.79 Å². The first-order valence-electron chi connectivity index (χ1n) is 7.09. The first kappa shape index (κ1) is 17.4. The highest BCUT2D eigenvalue weighted by atomic mass is 16.6. The highest BCUT2D eigenvalue weighted by molar-refractivity contribution is 6.08. The van der Waals surface area contributed by atoms with E-state index in [2.05, 4.69) is 0 Å². The van der Waals surface area contributed by atoms with Gasteiger partial charge in [0.25, 0.3) is 5.91 Å². The van der Waals surface area contributed by atoms with Gasteiger partial charge in [0, 0.05) is 6.54 Å². The summed E-state index contributed by atoms with van der Waals surface area (Å²) in [6.45, 7) is 6.94. The SMILES string of the molecule is CC[C@@](N)(C(=O)OC(C)(C)C)C(=O)N1CCC[C@H]1C(=O)O. The number of carbonyl (C=O) groups is 3. The molecule has 0 aromatic rings. The smallest absolute Gasteiger partial charge is 0.336 e. The van der Waals surface area contributed by atoms with Gasteiger partial charge in [-0.25, -0.2) is 9.59 Å². The predicted molar refractivity (Wildman–Crippen MR) is 75.4 cm³/mol. The molecule has 1 aliphatic rings. The van der Waals surface area contributed by atoms with Crippen LogP contribution in [0.25, 0.3) is 0 Å². The van der Waals surface area contributed by atoms with Crippen LogP contribution >= 0.6 is 0 Å². The number of esters is 1. The quantitative estimate of drug-likeness (QED) is 0.578. The Balaban J connectivity index is 2.99. The van der Waals surface area contributed by atoms with Crippen LogP contribution in [0, 0.1) is 0 Å². The summed E-state index contributed by atoms with van der Waals surface area (Å²) in [6, 6.07) is -0.922. The van der Waals surface area contributed by atoms with Gasteiger partial charge in [-0.05, 0) is 40.0 Å². The lowest BCUT2D eigenvalue weighted by atomic mass is 9.94. The zero-order valence-corrected chi connectivity index (χ0v) is 13.0. The Morgan fingerprint density at radius 2 is 1.90 bits per heavy atom. The van der Waals surface area contributed by atoms with Crippen molar-refractivity contribution < 1.29 is 24.2 Å². The molecule has 1 heterocycles. The van der Waals surface area contributed by atoms with Crippen molar-refractivity contribution in [2.75, 3.05) is 6.54 Å². The largest absolute Gasteiger partial charge is 0.480 e. The van der Waals surface area contributed by atoms with E-state index in [9.17, 15) is 14.4 Å². The second-order valence-corrected chi connectivity index (χ2v) is 6.32. The first-order chi connectivity index (χ1) is 9.53. The van der Waals surface area contributed by atoms with Crippen molar-refractivity contribution in [3.8, 4) is 0 Å². The number of hydrogen-bond acceptors (Lipinski definition) is 5. The van der Waals surface area contributed by atoms with Gasteiger partial charge in [0.05, 0.1) is 0 Å². The molecule has 1 rings (SSSR count). The maximum Gasteiger partial charge on any atom is 0.336 e. The number of nitrogens with zero attached hydrogens (tertiary/aromatic N) is 1. The molecule has 0 aliphatic carbocycles. The molecule has 1 amide bonds. The molecule has 0 radical (unpaired) electrons. The van der Waals surface area contributed by atoms with E-state index >= 15 is 0 Å². The number of carboxylic acid groups (broad SMARTS) is 1. The number of rotatable bonds is 4. The summed E-state index contributed by atoms with van der Waals surface area (Å²) in [4.78, 5) is 37.2. The molecule has 0 saturated carbocycles. The average molecular weight is 300 g/mol. The van der Waals surface area contributed by atoms with Crippen molar-refractivity contribution in [3.05, 3.63) is 0 Å². The summed E-state index contributed by atoms with van der Waals surface area (Å²) in [7, 11) is 0. The van der Waals surface area contributed by atoms with Crippen molar-refractivity contribution in [1.82, 2.24) is 4.90 Å². The van der Waals surface area contributed by atoms with Gasteiger partial charge in [-0.1, -0.05) is 6.92 Å². The zero-order chi connectivity index (χ0) is 16.4. The number of amides is 1. The Bertz CT molecular complexity index is 443. The van der Waals surface area contributed by atoms with E-state index in [4.69, 9.17) is 15.6 Å². The maximum atomic E-state index is 12.6. The molecule has 0 bridgehead atoms. The van der Waals surface area contributed by atoms with Crippen molar-refractivity contribution in [3.63, 3.8) is 0 Å². The summed E-state index contributed by atoms with van der Waals surface area (Å²) < 4.78 is 5.21. The van der Waals surface area contributed by atoms with Crippen LogP contribution in [0.3, 0.4) is 0 Å². The van der Waals surface area contributed by atoms with Gasteiger partial charge in [-0.15, -0.1) is 0 Å². The summed E-state index contributed by atoms with van der Waals surface area (Å²) in [5.41, 5.74) is 3.36. The highest BCUT2D eigenvalue weighted by Gasteiger charge is 2.49. The minimum atomic E-state index is -1.84. The van der Waals surface area contributed by atoms with Crippen molar-refractivity contribution in [2.24, 2.45) is 5.73 Å². The third-order valence-corrected chi connectivity index (χ3v) is 3.50. The third kappa shape index (κ3) is 3.72. The number of hydrogen-bond donors (Lipinski definition) is 2. The Labute approximate surface area is 124 Å². The lowest BCUT2D eigenvalue weighted by Crippen LogP contribution is -2.63. The number of ether oxygens (including phenoxy) is 1. The van der Waals surface area contributed by atoms with E-state index in [-0.39, 0.29) is 13.0 Å². The molecule has 0 aromatic heterocycles. The second-order valence-electron chi connectivity index (χ2n) is 6.32. The Kier molecular flexibility index (Phi) is 4.99. The van der Waals surface area contributed by atoms with Gasteiger partial charge in [-0.2, -0.15) is 0 Å². The Morgan fingerprint density at radius 1 is 1.33 bits per heavy atom. The van der Waals surface area contributed by atoms with Crippen LogP contribution in [0.4, 0.5) is 0 Å². The fraction of sp³-hybridized carbons (Fsp3) is 0.786. The number of carbonyl (C=O) groups excluding carboxylic acids is 2. The number of carboxylic acids is 1. The van der Waals surface area contributed by atoms with Crippen LogP contribution in [-0.4, -0.2) is 51.6 Å². The van der Waals surface area contributed by atoms with Gasteiger partial charge < -0.3 is 20.5 Å². The van der Waals surface area contributed by atoms with Gasteiger partial charge >= 0.3 is 11.9 Å². The van der Waals surface area contributed by atoms with Crippen LogP contribution in [0.15, 0.2) is 0 Å². The second kappa shape index (κ2) is 6.01. The van der Waals surface area contributed by atoms with Crippen molar-refractivity contribution in [2.45, 2.75) is 64.1 Å². The molecule has 21 heavy (non-hydrogen) atoms. The first-order valence-corrected chi connectivity index (χ1v) is 7.09. The fourth-order valence-corrected chi connectivity index (χ4v) is 2.27. The normalized spacial score (nSPS) is 21.8. The van der Waals surface area contributed by atoms with Crippen LogP contribution < -0.4 is 5.73 Å². The van der Waals surface area contributed by atoms with Crippen LogP contribution in [0.1, 0.15) is 47.0 Å². The molecular weight excluding hydrogens is 276 g/mol. The summed E-state index contributed by atoms with van der Waals surface area (Å²) >= 11 is 0. The summed E-state index contributed by atoms with van der Waals surface area (Å²) in [5, 5.41) is 9.15. The predicted octanol–water partition coefficient (Wildman–Crippen LogP) is 0.511. The molecule has 1 fully saturated rings. The maximum absolute atomic E-state index is 12.6. The average Bonchev–Trinajstić information content (AvgIpc) is 2.83. The number of nitrogens with two attached hydrogens (primary N) is 1. The lowest BCUT2D eigenvalue weighted by molar-refractivity contribution is -0.169. The molecule has 3 N–H and O–H groups in total. The van der Waals surface area contributed by atoms with Crippen molar-refractivity contribution in [1.29, 1.82) is 0 Å². The van der Waals surface area contributed by atoms with E-state index in [1.54, 1.807) is 27.7 Å². The van der Waals surface area contributed by atoms with E-state index < -0.39 is 35.0 Å². The van der Waals surface area contributed by atoms with Crippen molar-refractivity contribution >= 4 is 17.8 Å². The third-order valence-electron chi connectivity index (χ3n) is 3.50. The topological polar surface area (TPSA) is 110 Å². The molecule has 0 spiro atoms. The summed E-state index contributed by atoms with van der Waals surface area (Å²) in [6.07, 6.45) is 0.996. The number of aliphatic carboxylic acids is 1. The Hall–Kier alpha value is -1.63. The summed E-state index contributed by atoms with van der Waals surface area (Å²) in [5.74, 6) is -2.58. The van der Waals surface area contributed by atoms with E-state index in [1.807, 2.05) is 0 Å². The standard InChI is InChI=1S/C14H24N2O5/c1-5-14(15,12(20)21-13(2,3)4)11(19)16-8-6-7-9(16)10(17)18/h9H,5-8,15H2,1-4H3,(H,17,18)/t9-,14-/m0/s1. The monoisotopic (exact) mass is 300 g/mol. The van der Waals surface area contributed by atoms with Gasteiger partial charge in [0.2, 0.25) is 0 Å². The molecule has 0 unspecified atom stereocenters. The van der Waals surface area contributed by atoms with E-state index in [0.29, 0.717) is 12.8 Å². The highest BCUT2D eigenvalue weighted by Crippen LogP contribution is 2.24. The fourth-order valence-electron chi connectivity index (χ4n) is 2.27. The molecular formula is C14H24N2O5. The Morgan fingerprint density at radius 3 is 2.33 bits per heavy atom. The van der Waals surface area contributed by atoms with E-state index in [1.165, 1.54) is 4.90 Å². The van der Waals surface area contributed by atoms with Gasteiger partial charge in [0.1, 0.15) is 11.6 Å². The minimum absolute atomic E-state index is 0.0452. The molecule has 7 heteroatoms. The molecule has 7 nitrogen and oxygen atoms in total. The van der Waals surface area contributed by atoms with E-state index in [0.717, 1.165) is 0 Å². The molecule has 2 atom stereocenters. The molecule has 1 saturated heterocycles.